The molecule has 5 heteroatoms. The van der Waals surface area contributed by atoms with Gasteiger partial charge in [0.1, 0.15) is 0 Å². The van der Waals surface area contributed by atoms with Crippen LogP contribution in [-0.4, -0.2) is 15.0 Å². The van der Waals surface area contributed by atoms with Gasteiger partial charge in [-0.25, -0.2) is 8.42 Å². The monoisotopic (exact) mass is 384 g/mol. The zero-order valence-corrected chi connectivity index (χ0v) is 16.4. The third-order valence-corrected chi connectivity index (χ3v) is 6.98. The zero-order chi connectivity index (χ0) is 18.6. The number of hydrogen-bond acceptors (Lipinski definition) is 3. The molecule has 0 atom stereocenters. The summed E-state index contributed by atoms with van der Waals surface area (Å²) >= 11 is 1.53. The maximum absolute atomic E-state index is 13.2. The van der Waals surface area contributed by atoms with E-state index in [0.717, 1.165) is 28.8 Å². The fourth-order valence-corrected chi connectivity index (χ4v) is 5.27. The van der Waals surface area contributed by atoms with Crippen LogP contribution in [0.5, 0.6) is 0 Å². The summed E-state index contributed by atoms with van der Waals surface area (Å²) in [5.74, 6) is 0. The molecule has 0 aliphatic heterocycles. The molecule has 1 heterocycles. The van der Waals surface area contributed by atoms with Crippen LogP contribution >= 0.6 is 11.3 Å². The number of rotatable bonds is 7. The molecule has 0 spiro atoms. The molecule has 3 aromatic rings. The minimum absolute atomic E-state index is 0.135. The highest BCUT2D eigenvalue weighted by Gasteiger charge is 2.26. The van der Waals surface area contributed by atoms with Crippen LogP contribution in [0.2, 0.25) is 0 Å². The average Bonchev–Trinajstić information content (AvgIpc) is 3.13. The zero-order valence-electron chi connectivity index (χ0n) is 14.8. The molecule has 26 heavy (non-hydrogen) atoms. The standard InChI is InChI=1S/C21H22NO2S2/c1-3-8-17-11-13-19(14-12-17)26(23,24)22(4-2)20-15-16-25-21(20)18-9-6-5-7-10-18/h5-7,9-16H,2-4,8H2,1H3. The first-order chi connectivity index (χ1) is 12.6. The summed E-state index contributed by atoms with van der Waals surface area (Å²) in [4.78, 5) is 1.23. The molecule has 0 unspecified atom stereocenters. The van der Waals surface area contributed by atoms with E-state index in [9.17, 15) is 8.42 Å². The van der Waals surface area contributed by atoms with Gasteiger partial charge >= 0.3 is 0 Å². The van der Waals surface area contributed by atoms with Gasteiger partial charge in [0.05, 0.1) is 15.5 Å². The molecule has 135 valence electrons. The van der Waals surface area contributed by atoms with Gasteiger partial charge in [-0.1, -0.05) is 55.8 Å². The Morgan fingerprint density at radius 3 is 2.31 bits per heavy atom. The molecule has 1 radical (unpaired) electrons. The van der Waals surface area contributed by atoms with Crippen molar-refractivity contribution in [2.45, 2.75) is 24.7 Å². The Hall–Kier alpha value is -2.11. The van der Waals surface area contributed by atoms with Gasteiger partial charge < -0.3 is 0 Å². The van der Waals surface area contributed by atoms with E-state index in [2.05, 4.69) is 13.8 Å². The van der Waals surface area contributed by atoms with Crippen molar-refractivity contribution < 1.29 is 8.42 Å². The maximum Gasteiger partial charge on any atom is 0.264 e. The molecule has 0 fully saturated rings. The molecule has 0 aliphatic carbocycles. The highest BCUT2D eigenvalue weighted by Crippen LogP contribution is 2.38. The molecule has 0 saturated carbocycles. The van der Waals surface area contributed by atoms with Gasteiger partial charge in [-0.15, -0.1) is 11.3 Å². The van der Waals surface area contributed by atoms with Crippen molar-refractivity contribution in [3.8, 4) is 10.4 Å². The van der Waals surface area contributed by atoms with Crippen LogP contribution in [0.25, 0.3) is 10.4 Å². The van der Waals surface area contributed by atoms with E-state index in [-0.39, 0.29) is 6.54 Å². The van der Waals surface area contributed by atoms with E-state index >= 15 is 0 Å². The molecule has 2 aromatic carbocycles. The van der Waals surface area contributed by atoms with Crippen LogP contribution < -0.4 is 4.31 Å². The van der Waals surface area contributed by atoms with E-state index < -0.39 is 10.0 Å². The Bertz CT molecular complexity index is 945. The van der Waals surface area contributed by atoms with Crippen molar-refractivity contribution in [2.75, 3.05) is 10.8 Å². The molecule has 0 bridgehead atoms. The predicted molar refractivity (Wildman–Crippen MR) is 110 cm³/mol. The van der Waals surface area contributed by atoms with Gasteiger partial charge in [0, 0.05) is 6.54 Å². The summed E-state index contributed by atoms with van der Waals surface area (Å²) in [6.45, 7) is 6.11. The normalized spacial score (nSPS) is 11.5. The molecule has 1 aromatic heterocycles. The lowest BCUT2D eigenvalue weighted by atomic mass is 10.1. The number of anilines is 1. The van der Waals surface area contributed by atoms with E-state index in [4.69, 9.17) is 0 Å². The van der Waals surface area contributed by atoms with Crippen LogP contribution in [0.15, 0.2) is 70.9 Å². The van der Waals surface area contributed by atoms with Crippen LogP contribution in [-0.2, 0) is 16.4 Å². The fraction of sp³-hybridized carbons (Fsp3) is 0.190. The molecule has 0 N–H and O–H groups in total. The highest BCUT2D eigenvalue weighted by atomic mass is 32.2. The highest BCUT2D eigenvalue weighted by molar-refractivity contribution is 7.92. The number of thiophene rings is 1. The second-order valence-corrected chi connectivity index (χ2v) is 8.75. The van der Waals surface area contributed by atoms with Crippen LogP contribution in [0, 0.1) is 6.92 Å². The number of nitrogens with zero attached hydrogens (tertiary/aromatic N) is 1. The lowest BCUT2D eigenvalue weighted by molar-refractivity contribution is 0.593. The first kappa shape index (κ1) is 18.7. The van der Waals surface area contributed by atoms with Gasteiger partial charge in [0.2, 0.25) is 0 Å². The van der Waals surface area contributed by atoms with Crippen molar-refractivity contribution in [2.24, 2.45) is 0 Å². The molecule has 3 nitrogen and oxygen atoms in total. The Kier molecular flexibility index (Phi) is 5.79. The van der Waals surface area contributed by atoms with E-state index in [1.54, 1.807) is 12.1 Å². The van der Waals surface area contributed by atoms with E-state index in [1.807, 2.05) is 53.9 Å². The fourth-order valence-electron chi connectivity index (χ4n) is 2.92. The first-order valence-electron chi connectivity index (χ1n) is 8.61. The van der Waals surface area contributed by atoms with Gasteiger partial charge in [0.25, 0.3) is 10.0 Å². The van der Waals surface area contributed by atoms with Crippen LogP contribution in [0.4, 0.5) is 5.69 Å². The minimum atomic E-state index is -3.66. The van der Waals surface area contributed by atoms with Crippen molar-refractivity contribution in [3.63, 3.8) is 0 Å². The summed E-state index contributed by atoms with van der Waals surface area (Å²) in [6, 6.07) is 18.8. The summed E-state index contributed by atoms with van der Waals surface area (Å²) in [5, 5.41) is 1.92. The molecular weight excluding hydrogens is 362 g/mol. The molecule has 3 rings (SSSR count). The number of aryl methyl sites for hydroxylation is 1. The van der Waals surface area contributed by atoms with Gasteiger partial charge in [-0.2, -0.15) is 0 Å². The predicted octanol–water partition coefficient (Wildman–Crippen LogP) is 5.40. The van der Waals surface area contributed by atoms with E-state index in [1.165, 1.54) is 15.6 Å². The largest absolute Gasteiger partial charge is 0.265 e. The average molecular weight is 385 g/mol. The van der Waals surface area contributed by atoms with Crippen molar-refractivity contribution in [1.82, 2.24) is 0 Å². The lowest BCUT2D eigenvalue weighted by Crippen LogP contribution is -2.30. The first-order valence-corrected chi connectivity index (χ1v) is 10.9. The maximum atomic E-state index is 13.2. The third-order valence-electron chi connectivity index (χ3n) is 4.20. The summed E-state index contributed by atoms with van der Waals surface area (Å²) in [7, 11) is -3.66. The Labute approximate surface area is 160 Å². The summed E-state index contributed by atoms with van der Waals surface area (Å²) < 4.78 is 27.8. The summed E-state index contributed by atoms with van der Waals surface area (Å²) in [6.07, 6.45) is 1.98. The second-order valence-electron chi connectivity index (χ2n) is 5.97. The quantitative estimate of drug-likeness (QED) is 0.547. The van der Waals surface area contributed by atoms with Gasteiger partial charge in [-0.05, 0) is 48.1 Å². The molecule has 0 saturated heterocycles. The van der Waals surface area contributed by atoms with Crippen molar-refractivity contribution >= 4 is 27.0 Å². The number of sulfonamides is 1. The molecule has 0 amide bonds. The van der Waals surface area contributed by atoms with Crippen LogP contribution in [0.1, 0.15) is 18.9 Å². The number of benzene rings is 2. The summed E-state index contributed by atoms with van der Waals surface area (Å²) in [5.41, 5.74) is 2.83. The minimum Gasteiger partial charge on any atom is -0.265 e. The smallest absolute Gasteiger partial charge is 0.264 e. The number of hydrogen-bond donors (Lipinski definition) is 0. The lowest BCUT2D eigenvalue weighted by Gasteiger charge is -2.23. The van der Waals surface area contributed by atoms with Crippen LogP contribution in [0.3, 0.4) is 0 Å². The van der Waals surface area contributed by atoms with Crippen molar-refractivity contribution in [1.29, 1.82) is 0 Å². The Balaban J connectivity index is 2.00. The SMILES string of the molecule is [CH2]CN(c1ccsc1-c1ccccc1)S(=O)(=O)c1ccc(CCC)cc1. The second kappa shape index (κ2) is 8.06. The van der Waals surface area contributed by atoms with E-state index in [0.29, 0.717) is 10.6 Å². The Morgan fingerprint density at radius 2 is 1.69 bits per heavy atom. The van der Waals surface area contributed by atoms with Crippen molar-refractivity contribution in [3.05, 3.63) is 78.5 Å². The topological polar surface area (TPSA) is 37.4 Å². The van der Waals surface area contributed by atoms with Gasteiger partial charge in [0.15, 0.2) is 0 Å². The Morgan fingerprint density at radius 1 is 1.00 bits per heavy atom. The molecular formula is C21H22NO2S2. The third kappa shape index (κ3) is 3.69. The molecule has 0 aliphatic rings. The van der Waals surface area contributed by atoms with Gasteiger partial charge in [-0.3, -0.25) is 4.31 Å².